The summed E-state index contributed by atoms with van der Waals surface area (Å²) in [6.45, 7) is 3.16. The number of nitrogens with one attached hydrogen (secondary N) is 1. The second-order valence-corrected chi connectivity index (χ2v) is 6.19. The molecule has 1 aromatic heterocycles. The third-order valence-electron chi connectivity index (χ3n) is 4.15. The molecule has 0 fully saturated rings. The van der Waals surface area contributed by atoms with Crippen LogP contribution in [0.5, 0.6) is 11.5 Å². The second-order valence-electron chi connectivity index (χ2n) is 5.75. The summed E-state index contributed by atoms with van der Waals surface area (Å²) in [4.78, 5) is 22.5. The lowest BCUT2D eigenvalue weighted by Gasteiger charge is -2.15. The van der Waals surface area contributed by atoms with E-state index in [0.717, 1.165) is 5.56 Å². The average molecular weight is 379 g/mol. The van der Waals surface area contributed by atoms with Crippen LogP contribution < -0.4 is 20.5 Å². The van der Waals surface area contributed by atoms with E-state index in [4.69, 9.17) is 26.8 Å². The summed E-state index contributed by atoms with van der Waals surface area (Å²) in [5.74, 6) is 1.26. The van der Waals surface area contributed by atoms with Crippen molar-refractivity contribution >= 4 is 12.0 Å². The zero-order valence-corrected chi connectivity index (χ0v) is 15.6. The highest BCUT2D eigenvalue weighted by Crippen LogP contribution is 2.40. The van der Waals surface area contributed by atoms with Gasteiger partial charge in [-0.1, -0.05) is 0 Å². The van der Waals surface area contributed by atoms with Crippen molar-refractivity contribution in [1.82, 2.24) is 20.2 Å². The Labute approximate surface area is 156 Å². The number of ether oxygens (including phenoxy) is 2. The molecule has 0 saturated heterocycles. The molecule has 1 aliphatic rings. The van der Waals surface area contributed by atoms with Crippen LogP contribution in [0.25, 0.3) is 11.3 Å². The molecule has 3 rings (SSSR count). The van der Waals surface area contributed by atoms with Gasteiger partial charge in [0.2, 0.25) is 11.0 Å². The summed E-state index contributed by atoms with van der Waals surface area (Å²) in [6, 6.07) is 3.32. The minimum atomic E-state index is -0.157. The van der Waals surface area contributed by atoms with Crippen LogP contribution in [-0.2, 0) is 13.1 Å². The van der Waals surface area contributed by atoms with E-state index in [1.807, 2.05) is 6.92 Å². The number of hydrogen-bond acceptors (Lipinski definition) is 6. The van der Waals surface area contributed by atoms with Gasteiger partial charge in [-0.25, -0.2) is 14.8 Å². The lowest BCUT2D eigenvalue weighted by atomic mass is 10.0. The van der Waals surface area contributed by atoms with Crippen molar-refractivity contribution in [3.05, 3.63) is 28.4 Å². The highest BCUT2D eigenvalue weighted by molar-refractivity contribution is 5.79. The summed E-state index contributed by atoms with van der Waals surface area (Å²) in [5, 5.41) is 3.32. The van der Waals surface area contributed by atoms with Crippen molar-refractivity contribution in [1.29, 1.82) is 0 Å². The topological polar surface area (TPSA) is 103 Å². The molecule has 1 aliphatic heterocycles. The lowest BCUT2D eigenvalue weighted by molar-refractivity contribution is -0.288. The number of amides is 2. The maximum Gasteiger partial charge on any atom is 0.318 e. The molecule has 1 aromatic carbocycles. The average Bonchev–Trinajstić information content (AvgIpc) is 3.04. The molecule has 3 N–H and O–H groups in total. The second kappa shape index (κ2) is 7.25. The van der Waals surface area contributed by atoms with Crippen molar-refractivity contribution in [2.45, 2.75) is 20.0 Å². The van der Waals surface area contributed by atoms with Crippen molar-refractivity contribution in [2.24, 2.45) is 0 Å². The van der Waals surface area contributed by atoms with Gasteiger partial charge in [-0.15, -0.1) is 0 Å². The molecule has 138 valence electrons. The van der Waals surface area contributed by atoms with Crippen LogP contribution in [0, 0.1) is 11.6 Å². The zero-order valence-electron chi connectivity index (χ0n) is 14.8. The first-order valence-electron chi connectivity index (χ1n) is 8.09. The van der Waals surface area contributed by atoms with Gasteiger partial charge in [0.05, 0.1) is 38.7 Å². The fourth-order valence-electron chi connectivity index (χ4n) is 2.97. The number of nitrogen functional groups attached to an aromatic ring is 1. The summed E-state index contributed by atoms with van der Waals surface area (Å²) >= 11 is 5.52. The maximum absolute atomic E-state index is 12.2. The Bertz CT molecular complexity index is 859. The van der Waals surface area contributed by atoms with Crippen LogP contribution in [0.3, 0.4) is 0 Å². The number of carbonyl (C=O) groups excluding carboxylic acids is 1. The molecule has 0 unspecified atom stereocenters. The van der Waals surface area contributed by atoms with E-state index < -0.39 is 0 Å². The number of benzene rings is 1. The minimum Gasteiger partial charge on any atom is -0.496 e. The van der Waals surface area contributed by atoms with Crippen molar-refractivity contribution in [3.8, 4) is 22.8 Å². The van der Waals surface area contributed by atoms with E-state index in [9.17, 15) is 4.79 Å². The van der Waals surface area contributed by atoms with Gasteiger partial charge in [-0.3, -0.25) is 0 Å². The Kier molecular flexibility index (Phi) is 5.03. The van der Waals surface area contributed by atoms with Crippen LogP contribution >= 0.6 is 0 Å². The van der Waals surface area contributed by atoms with Crippen LogP contribution in [0.1, 0.15) is 18.2 Å². The van der Waals surface area contributed by atoms with E-state index in [1.165, 1.54) is 0 Å². The fourth-order valence-corrected chi connectivity index (χ4v) is 3.28. The van der Waals surface area contributed by atoms with Gasteiger partial charge in [-0.2, -0.15) is 0 Å². The quantitative estimate of drug-likeness (QED) is 0.835. The summed E-state index contributed by atoms with van der Waals surface area (Å²) in [6.07, 6.45) is 0. The molecule has 0 aliphatic carbocycles. The molecule has 0 saturated carbocycles. The Morgan fingerprint density at radius 3 is 2.73 bits per heavy atom. The lowest BCUT2D eigenvalue weighted by Crippen LogP contribution is -2.36. The molecular formula is C17H21ClN5O3+. The molecule has 2 amide bonds. The minimum absolute atomic E-state index is 0.128. The molecule has 2 heterocycles. The van der Waals surface area contributed by atoms with E-state index in [2.05, 4.69) is 15.3 Å². The smallest absolute Gasteiger partial charge is 0.318 e. The van der Waals surface area contributed by atoms with E-state index in [0.29, 0.717) is 53.1 Å². The molecule has 2 aromatic rings. The highest BCUT2D eigenvalue weighted by atomic mass is 35.5. The Hall–Kier alpha value is -2.74. The number of hydrogen-bond donors (Lipinski definition) is 2. The van der Waals surface area contributed by atoms with Crippen LogP contribution in [0.4, 0.5) is 10.7 Å². The normalized spacial score (nSPS) is 12.7. The summed E-state index contributed by atoms with van der Waals surface area (Å²) in [7, 11) is 3.12. The van der Waals surface area contributed by atoms with Gasteiger partial charge >= 0.3 is 6.03 Å². The Balaban J connectivity index is 2.11. The molecule has 0 atom stereocenters. The number of methoxy groups -OCH3 is 2. The number of carbonyl (C=O) groups is 1. The van der Waals surface area contributed by atoms with Crippen LogP contribution in [0.15, 0.2) is 12.1 Å². The first kappa shape index (κ1) is 18.1. The number of nitrogens with zero attached hydrogens (tertiary/aromatic N) is 3. The first-order chi connectivity index (χ1) is 12.5. The molecule has 9 heteroatoms. The van der Waals surface area contributed by atoms with Gasteiger partial charge in [-0.05, 0) is 6.92 Å². The fraction of sp³-hybridized carbons (Fsp3) is 0.353. The third kappa shape index (κ3) is 3.20. The van der Waals surface area contributed by atoms with Gasteiger partial charge in [0.1, 0.15) is 17.1 Å². The standard InChI is InChI=1S/C17H20ClN5O3/c1-4-20-17(24)23-7-10-12(8-23)21-16(19)22-15(10)14-11(18)5-9(25-2)6-13(14)26-3/h5-6,18H,4,7-8H2,1-3H3,(H2-,19,20,21,22,24)/p+1. The predicted molar refractivity (Wildman–Crippen MR) is 93.9 cm³/mol. The van der Waals surface area contributed by atoms with Gasteiger partial charge < -0.3 is 25.4 Å². The molecule has 8 nitrogen and oxygen atoms in total. The third-order valence-corrected chi connectivity index (χ3v) is 4.47. The Morgan fingerprint density at radius 2 is 2.08 bits per heavy atom. The number of fused-ring (bicyclic) bond motifs is 1. The highest BCUT2D eigenvalue weighted by Gasteiger charge is 2.31. The predicted octanol–water partition coefficient (Wildman–Crippen LogP) is 1.48. The molecule has 0 bridgehead atoms. The Morgan fingerprint density at radius 1 is 1.31 bits per heavy atom. The van der Waals surface area contributed by atoms with Crippen molar-refractivity contribution in [2.75, 3.05) is 26.5 Å². The van der Waals surface area contributed by atoms with Crippen LogP contribution in [0.2, 0.25) is 5.02 Å². The van der Waals surface area contributed by atoms with Crippen molar-refractivity contribution < 1.29 is 25.9 Å². The molecule has 0 radical (unpaired) electrons. The van der Waals surface area contributed by atoms with E-state index >= 15 is 0 Å². The van der Waals surface area contributed by atoms with Gasteiger partial charge in [0, 0.05) is 24.2 Å². The monoisotopic (exact) mass is 378 g/mol. The van der Waals surface area contributed by atoms with Crippen molar-refractivity contribution in [3.63, 3.8) is 0 Å². The number of halogens is 1. The number of urea groups is 1. The molecule has 26 heavy (non-hydrogen) atoms. The number of anilines is 1. The number of rotatable bonds is 4. The van der Waals surface area contributed by atoms with E-state index in [1.54, 1.807) is 31.3 Å². The van der Waals surface area contributed by atoms with E-state index in [-0.39, 0.29) is 12.0 Å². The number of nitrogens with two attached hydrogens (primary N) is 1. The zero-order chi connectivity index (χ0) is 18.8. The van der Waals surface area contributed by atoms with Crippen LogP contribution in [-0.4, -0.2) is 41.7 Å². The summed E-state index contributed by atoms with van der Waals surface area (Å²) in [5.41, 5.74) is 8.67. The molecule has 0 spiro atoms. The SMILES string of the molecule is CCNC(=O)N1Cc2nc(N)nc(-c3c([ClH+])cc(OC)cc3OC)c2C1. The van der Waals surface area contributed by atoms with Gasteiger partial charge in [0.15, 0.2) is 11.6 Å². The largest absolute Gasteiger partial charge is 0.496 e. The maximum atomic E-state index is 12.2. The van der Waals surface area contributed by atoms with Gasteiger partial charge in [0.25, 0.3) is 0 Å². The molecular weight excluding hydrogens is 358 g/mol. The number of aromatic nitrogens is 2. The summed E-state index contributed by atoms with van der Waals surface area (Å²) < 4.78 is 10.7. The first-order valence-corrected chi connectivity index (χ1v) is 8.50.